The number of halogens is 1. The van der Waals surface area contributed by atoms with Crippen molar-refractivity contribution in [3.63, 3.8) is 0 Å². The van der Waals surface area contributed by atoms with E-state index in [1.807, 2.05) is 49.4 Å². The molecule has 3 rings (SSSR count). The molecule has 4 nitrogen and oxygen atoms in total. The number of aromatic nitrogens is 1. The first-order chi connectivity index (χ1) is 12.0. The lowest BCUT2D eigenvalue weighted by Gasteiger charge is -2.06. The molecule has 0 unspecified atom stereocenters. The third kappa shape index (κ3) is 3.21. The maximum absolute atomic E-state index is 13.0. The molecule has 1 N–H and O–H groups in total. The molecule has 0 saturated carbocycles. The summed E-state index contributed by atoms with van der Waals surface area (Å²) in [5.41, 5.74) is 2.87. The van der Waals surface area contributed by atoms with E-state index in [9.17, 15) is 10.1 Å². The number of allylic oxidation sites excluding steroid dienone is 1. The largest absolute Gasteiger partial charge is 0.496 e. The van der Waals surface area contributed by atoms with Gasteiger partial charge in [0.1, 0.15) is 17.4 Å². The van der Waals surface area contributed by atoms with Gasteiger partial charge in [0.15, 0.2) is 0 Å². The predicted octanol–water partition coefficient (Wildman–Crippen LogP) is 5.04. The van der Waals surface area contributed by atoms with Gasteiger partial charge in [-0.2, -0.15) is 5.26 Å². The number of ketones is 1. The van der Waals surface area contributed by atoms with E-state index in [2.05, 4.69) is 20.9 Å². The zero-order valence-corrected chi connectivity index (χ0v) is 15.3. The number of Topliss-reactive ketones (excluding diaryl/α,β-unsaturated/α-hetero) is 1. The monoisotopic (exact) mass is 394 g/mol. The van der Waals surface area contributed by atoms with Crippen molar-refractivity contribution in [2.45, 2.75) is 6.92 Å². The molecule has 0 bridgehead atoms. The fourth-order valence-electron chi connectivity index (χ4n) is 2.83. The Morgan fingerprint density at radius 1 is 1.28 bits per heavy atom. The Balaban J connectivity index is 2.13. The number of ether oxygens (including phenoxy) is 1. The van der Waals surface area contributed by atoms with Crippen LogP contribution in [0.1, 0.15) is 21.6 Å². The minimum absolute atomic E-state index is 0.0595. The van der Waals surface area contributed by atoms with Crippen molar-refractivity contribution in [1.29, 1.82) is 5.26 Å². The number of nitrogens with zero attached hydrogens (tertiary/aromatic N) is 1. The highest BCUT2D eigenvalue weighted by atomic mass is 79.9. The van der Waals surface area contributed by atoms with Crippen LogP contribution >= 0.6 is 15.9 Å². The van der Waals surface area contributed by atoms with E-state index in [-0.39, 0.29) is 11.4 Å². The highest BCUT2D eigenvalue weighted by Gasteiger charge is 2.20. The molecule has 0 fully saturated rings. The number of hydrogen-bond acceptors (Lipinski definition) is 3. The van der Waals surface area contributed by atoms with Gasteiger partial charge in [-0.1, -0.05) is 34.1 Å². The number of para-hydroxylation sites is 1. The van der Waals surface area contributed by atoms with Crippen molar-refractivity contribution >= 4 is 38.7 Å². The first-order valence-corrected chi connectivity index (χ1v) is 8.41. The van der Waals surface area contributed by atoms with Crippen LogP contribution in [-0.2, 0) is 0 Å². The number of benzene rings is 2. The van der Waals surface area contributed by atoms with E-state index in [1.54, 1.807) is 19.3 Å². The van der Waals surface area contributed by atoms with Gasteiger partial charge in [0, 0.05) is 26.6 Å². The third-order valence-corrected chi connectivity index (χ3v) is 4.47. The number of carbonyl (C=O) groups is 1. The number of carbonyl (C=O) groups excluding carboxylic acids is 1. The number of fused-ring (bicyclic) bond motifs is 1. The highest BCUT2D eigenvalue weighted by Crippen LogP contribution is 2.28. The van der Waals surface area contributed by atoms with E-state index in [0.717, 1.165) is 21.1 Å². The van der Waals surface area contributed by atoms with Gasteiger partial charge >= 0.3 is 0 Å². The lowest BCUT2D eigenvalue weighted by molar-refractivity contribution is 0.104. The van der Waals surface area contributed by atoms with Gasteiger partial charge in [-0.3, -0.25) is 4.79 Å². The molecule has 0 radical (unpaired) electrons. The molecule has 0 atom stereocenters. The minimum Gasteiger partial charge on any atom is -0.496 e. The van der Waals surface area contributed by atoms with Crippen LogP contribution in [0.4, 0.5) is 0 Å². The van der Waals surface area contributed by atoms with Crippen LogP contribution in [0.5, 0.6) is 5.75 Å². The van der Waals surface area contributed by atoms with Crippen LogP contribution in [0, 0.1) is 18.3 Å². The molecule has 5 heteroatoms. The van der Waals surface area contributed by atoms with Crippen molar-refractivity contribution in [3.05, 3.63) is 69.3 Å². The average molecular weight is 395 g/mol. The Kier molecular flexibility index (Phi) is 4.73. The van der Waals surface area contributed by atoms with E-state index >= 15 is 0 Å². The van der Waals surface area contributed by atoms with Gasteiger partial charge < -0.3 is 9.72 Å². The van der Waals surface area contributed by atoms with E-state index in [0.29, 0.717) is 16.9 Å². The zero-order chi connectivity index (χ0) is 18.0. The van der Waals surface area contributed by atoms with E-state index in [1.165, 1.54) is 0 Å². The van der Waals surface area contributed by atoms with Crippen LogP contribution in [-0.4, -0.2) is 17.9 Å². The number of nitriles is 1. The van der Waals surface area contributed by atoms with Crippen LogP contribution in [0.3, 0.4) is 0 Å². The Labute approximate surface area is 153 Å². The van der Waals surface area contributed by atoms with E-state index < -0.39 is 0 Å². The second-order valence-corrected chi connectivity index (χ2v) is 6.47. The highest BCUT2D eigenvalue weighted by molar-refractivity contribution is 9.10. The van der Waals surface area contributed by atoms with Crippen molar-refractivity contribution in [2.24, 2.45) is 0 Å². The molecule has 0 aliphatic rings. The number of aryl methyl sites for hydroxylation is 1. The van der Waals surface area contributed by atoms with E-state index in [4.69, 9.17) is 4.74 Å². The zero-order valence-electron chi connectivity index (χ0n) is 13.8. The van der Waals surface area contributed by atoms with Crippen LogP contribution < -0.4 is 4.74 Å². The topological polar surface area (TPSA) is 65.9 Å². The average Bonchev–Trinajstić information content (AvgIpc) is 2.95. The molecule has 0 aliphatic heterocycles. The first-order valence-electron chi connectivity index (χ1n) is 7.62. The van der Waals surface area contributed by atoms with Gasteiger partial charge in [0.2, 0.25) is 5.78 Å². The number of aromatic amines is 1. The number of nitrogens with one attached hydrogen (secondary N) is 1. The Hall–Kier alpha value is -2.84. The van der Waals surface area contributed by atoms with Gasteiger partial charge in [-0.25, -0.2) is 0 Å². The summed E-state index contributed by atoms with van der Waals surface area (Å²) in [6.07, 6.45) is 1.56. The van der Waals surface area contributed by atoms with Crippen molar-refractivity contribution in [2.75, 3.05) is 7.11 Å². The minimum atomic E-state index is -0.306. The SMILES string of the molecule is COc1ccc(Br)cc1/C=C(\C#N)C(=O)c1c(C)[nH]c2ccccc12. The number of hydrogen-bond donors (Lipinski definition) is 1. The smallest absolute Gasteiger partial charge is 0.205 e. The second kappa shape index (κ2) is 6.96. The fourth-order valence-corrected chi connectivity index (χ4v) is 3.20. The second-order valence-electron chi connectivity index (χ2n) is 5.56. The number of methoxy groups -OCH3 is 1. The molecule has 1 aromatic heterocycles. The maximum Gasteiger partial charge on any atom is 0.205 e. The summed E-state index contributed by atoms with van der Waals surface area (Å²) in [5.74, 6) is 0.291. The predicted molar refractivity (Wildman–Crippen MR) is 102 cm³/mol. The van der Waals surface area contributed by atoms with Crippen molar-refractivity contribution in [3.8, 4) is 11.8 Å². The van der Waals surface area contributed by atoms with Gasteiger partial charge in [-0.05, 0) is 37.3 Å². The fraction of sp³-hybridized carbons (Fsp3) is 0.100. The Bertz CT molecular complexity index is 1040. The third-order valence-electron chi connectivity index (χ3n) is 3.98. The Morgan fingerprint density at radius 3 is 2.76 bits per heavy atom. The molecular weight excluding hydrogens is 380 g/mol. The molecule has 0 aliphatic carbocycles. The van der Waals surface area contributed by atoms with Crippen LogP contribution in [0.2, 0.25) is 0 Å². The molecule has 3 aromatic rings. The van der Waals surface area contributed by atoms with Crippen molar-refractivity contribution in [1.82, 2.24) is 4.98 Å². The standard InChI is InChI=1S/C20H15BrN2O2/c1-12-19(16-5-3-4-6-17(16)23-12)20(24)14(11-22)9-13-10-15(21)7-8-18(13)25-2/h3-10,23H,1-2H3/b14-9+. The van der Waals surface area contributed by atoms with Gasteiger partial charge in [0.25, 0.3) is 0 Å². The summed E-state index contributed by atoms with van der Waals surface area (Å²) in [6.45, 7) is 1.84. The molecule has 124 valence electrons. The summed E-state index contributed by atoms with van der Waals surface area (Å²) in [5, 5.41) is 10.4. The molecule has 2 aromatic carbocycles. The molecule has 0 saturated heterocycles. The summed E-state index contributed by atoms with van der Waals surface area (Å²) >= 11 is 3.40. The van der Waals surface area contributed by atoms with Crippen LogP contribution in [0.15, 0.2) is 52.5 Å². The normalized spacial score (nSPS) is 11.4. The number of H-pyrrole nitrogens is 1. The molecule has 25 heavy (non-hydrogen) atoms. The number of rotatable bonds is 4. The van der Waals surface area contributed by atoms with Crippen LogP contribution in [0.25, 0.3) is 17.0 Å². The van der Waals surface area contributed by atoms with Crippen molar-refractivity contribution < 1.29 is 9.53 Å². The summed E-state index contributed by atoms with van der Waals surface area (Å²) in [4.78, 5) is 16.2. The van der Waals surface area contributed by atoms with Gasteiger partial charge in [0.05, 0.1) is 12.7 Å². The summed E-state index contributed by atoms with van der Waals surface area (Å²) in [7, 11) is 1.55. The Morgan fingerprint density at radius 2 is 2.04 bits per heavy atom. The summed E-state index contributed by atoms with van der Waals surface area (Å²) in [6, 6.07) is 15.0. The summed E-state index contributed by atoms with van der Waals surface area (Å²) < 4.78 is 6.16. The maximum atomic E-state index is 13.0. The van der Waals surface area contributed by atoms with Gasteiger partial charge in [-0.15, -0.1) is 0 Å². The molecule has 1 heterocycles. The lowest BCUT2D eigenvalue weighted by atomic mass is 9.99. The quantitative estimate of drug-likeness (QED) is 0.383. The molecule has 0 spiro atoms. The molecular formula is C20H15BrN2O2. The lowest BCUT2D eigenvalue weighted by Crippen LogP contribution is -2.03. The molecule has 0 amide bonds. The first kappa shape index (κ1) is 17.0.